The van der Waals surface area contributed by atoms with Gasteiger partial charge in [0.15, 0.2) is 0 Å². The first-order chi connectivity index (χ1) is 10.8. The summed E-state index contributed by atoms with van der Waals surface area (Å²) in [5.74, 6) is -0.347. The molecule has 4 N–H and O–H groups in total. The maximum atomic E-state index is 12.2. The van der Waals surface area contributed by atoms with E-state index in [1.165, 1.54) is 12.1 Å². The Kier molecular flexibility index (Phi) is 5.14. The van der Waals surface area contributed by atoms with Crippen molar-refractivity contribution in [3.8, 4) is 0 Å². The van der Waals surface area contributed by atoms with Crippen molar-refractivity contribution in [3.05, 3.63) is 41.7 Å². The third-order valence-electron chi connectivity index (χ3n) is 3.10. The van der Waals surface area contributed by atoms with Crippen LogP contribution in [0.2, 0.25) is 0 Å². The van der Waals surface area contributed by atoms with Gasteiger partial charge in [-0.1, -0.05) is 6.07 Å². The molecule has 8 nitrogen and oxygen atoms in total. The number of nitrogens with two attached hydrogens (primary N) is 1. The second-order valence-electron chi connectivity index (χ2n) is 4.97. The Morgan fingerprint density at radius 2 is 2.13 bits per heavy atom. The number of hydrogen-bond acceptors (Lipinski definition) is 5. The maximum Gasteiger partial charge on any atom is 0.259 e. The molecule has 2 aromatic rings. The molecule has 0 fully saturated rings. The van der Waals surface area contributed by atoms with E-state index in [1.807, 2.05) is 0 Å². The Balaban J connectivity index is 2.20. The summed E-state index contributed by atoms with van der Waals surface area (Å²) < 4.78 is 28.0. The van der Waals surface area contributed by atoms with Crippen molar-refractivity contribution in [1.82, 2.24) is 14.5 Å². The molecule has 0 radical (unpaired) electrons. The molecule has 1 amide bonds. The normalized spacial score (nSPS) is 11.4. The van der Waals surface area contributed by atoms with Gasteiger partial charge in [0.25, 0.3) is 5.91 Å². The van der Waals surface area contributed by atoms with Crippen LogP contribution < -0.4 is 15.8 Å². The number of amides is 1. The second-order valence-corrected chi connectivity index (χ2v) is 6.74. The highest BCUT2D eigenvalue weighted by Gasteiger charge is 2.16. The van der Waals surface area contributed by atoms with Crippen LogP contribution in [0.4, 0.5) is 5.69 Å². The number of hydrogen-bond donors (Lipinski definition) is 3. The summed E-state index contributed by atoms with van der Waals surface area (Å²) in [6.07, 6.45) is 1.61. The zero-order valence-electron chi connectivity index (χ0n) is 12.9. The molecule has 0 atom stereocenters. The van der Waals surface area contributed by atoms with Gasteiger partial charge in [-0.25, -0.2) is 13.1 Å². The topological polar surface area (TPSA) is 119 Å². The standard InChI is InChI=1S/C14H19N5O3S/c1-10-13(9-19(2)18-10)14(20)17-11-4-3-5-12(8-11)23(21,22)16-7-6-15/h3-5,8-9,16H,6-7,15H2,1-2H3,(H,17,20). The van der Waals surface area contributed by atoms with Gasteiger partial charge >= 0.3 is 0 Å². The van der Waals surface area contributed by atoms with E-state index in [1.54, 1.807) is 37.0 Å². The molecule has 1 aromatic heterocycles. The first kappa shape index (κ1) is 17.1. The van der Waals surface area contributed by atoms with Crippen LogP contribution in [0.3, 0.4) is 0 Å². The predicted molar refractivity (Wildman–Crippen MR) is 86.6 cm³/mol. The van der Waals surface area contributed by atoms with Crippen molar-refractivity contribution < 1.29 is 13.2 Å². The number of aryl methyl sites for hydroxylation is 2. The molecule has 0 spiro atoms. The highest BCUT2D eigenvalue weighted by Crippen LogP contribution is 2.17. The van der Waals surface area contributed by atoms with Crippen molar-refractivity contribution in [1.29, 1.82) is 0 Å². The van der Waals surface area contributed by atoms with Crippen LogP contribution in [0, 0.1) is 6.92 Å². The molecular weight excluding hydrogens is 318 g/mol. The summed E-state index contributed by atoms with van der Waals surface area (Å²) in [5, 5.41) is 6.77. The smallest absolute Gasteiger partial charge is 0.259 e. The summed E-state index contributed by atoms with van der Waals surface area (Å²) >= 11 is 0. The van der Waals surface area contributed by atoms with Crippen molar-refractivity contribution in [2.75, 3.05) is 18.4 Å². The van der Waals surface area contributed by atoms with Crippen LogP contribution in [0.15, 0.2) is 35.4 Å². The third-order valence-corrected chi connectivity index (χ3v) is 4.56. The number of nitrogens with zero attached hydrogens (tertiary/aromatic N) is 2. The number of anilines is 1. The summed E-state index contributed by atoms with van der Waals surface area (Å²) in [6.45, 7) is 2.08. The zero-order valence-corrected chi connectivity index (χ0v) is 13.7. The SMILES string of the molecule is Cc1nn(C)cc1C(=O)Nc1cccc(S(=O)(=O)NCCN)c1. The molecule has 0 saturated heterocycles. The van der Waals surface area contributed by atoms with Gasteiger partial charge in [-0.2, -0.15) is 5.10 Å². The number of aromatic nitrogens is 2. The van der Waals surface area contributed by atoms with Gasteiger partial charge in [0, 0.05) is 32.0 Å². The van der Waals surface area contributed by atoms with Crippen molar-refractivity contribution in [2.24, 2.45) is 12.8 Å². The number of carbonyl (C=O) groups excluding carboxylic acids is 1. The molecule has 124 valence electrons. The molecule has 0 saturated carbocycles. The fourth-order valence-electron chi connectivity index (χ4n) is 2.04. The van der Waals surface area contributed by atoms with Gasteiger partial charge in [-0.15, -0.1) is 0 Å². The van der Waals surface area contributed by atoms with Gasteiger partial charge in [0.1, 0.15) is 0 Å². The van der Waals surface area contributed by atoms with Crippen LogP contribution in [0.25, 0.3) is 0 Å². The van der Waals surface area contributed by atoms with E-state index in [0.717, 1.165) is 0 Å². The molecule has 23 heavy (non-hydrogen) atoms. The minimum Gasteiger partial charge on any atom is -0.329 e. The number of rotatable bonds is 6. The van der Waals surface area contributed by atoms with Crippen LogP contribution in [-0.4, -0.2) is 37.2 Å². The summed E-state index contributed by atoms with van der Waals surface area (Å²) in [7, 11) is -1.92. The van der Waals surface area contributed by atoms with E-state index in [4.69, 9.17) is 5.73 Å². The molecule has 1 aromatic carbocycles. The largest absolute Gasteiger partial charge is 0.329 e. The Morgan fingerprint density at radius 1 is 1.39 bits per heavy atom. The number of carbonyl (C=O) groups is 1. The minimum atomic E-state index is -3.65. The lowest BCUT2D eigenvalue weighted by atomic mass is 10.2. The monoisotopic (exact) mass is 337 g/mol. The summed E-state index contributed by atoms with van der Waals surface area (Å²) in [6, 6.07) is 6.01. The predicted octanol–water partition coefficient (Wildman–Crippen LogP) is 0.218. The number of benzene rings is 1. The third kappa shape index (κ3) is 4.15. The average molecular weight is 337 g/mol. The van der Waals surface area contributed by atoms with E-state index in [9.17, 15) is 13.2 Å². The average Bonchev–Trinajstić information content (AvgIpc) is 2.84. The maximum absolute atomic E-state index is 12.2. The van der Waals surface area contributed by atoms with Gasteiger partial charge in [0.2, 0.25) is 10.0 Å². The summed E-state index contributed by atoms with van der Waals surface area (Å²) in [5.41, 5.74) is 6.71. The zero-order chi connectivity index (χ0) is 17.0. The minimum absolute atomic E-state index is 0.0617. The van der Waals surface area contributed by atoms with Gasteiger partial charge in [-0.05, 0) is 25.1 Å². The molecule has 9 heteroatoms. The molecule has 2 rings (SSSR count). The molecule has 0 aliphatic heterocycles. The number of nitrogens with one attached hydrogen (secondary N) is 2. The molecule has 0 aliphatic carbocycles. The fourth-order valence-corrected chi connectivity index (χ4v) is 3.13. The highest BCUT2D eigenvalue weighted by molar-refractivity contribution is 7.89. The van der Waals surface area contributed by atoms with E-state index >= 15 is 0 Å². The van der Waals surface area contributed by atoms with Gasteiger partial charge < -0.3 is 11.1 Å². The Hall–Kier alpha value is -2.23. The van der Waals surface area contributed by atoms with E-state index in [0.29, 0.717) is 16.9 Å². The molecule has 1 heterocycles. The van der Waals surface area contributed by atoms with Crippen molar-refractivity contribution >= 4 is 21.6 Å². The quantitative estimate of drug-likeness (QED) is 0.696. The van der Waals surface area contributed by atoms with Crippen molar-refractivity contribution in [3.63, 3.8) is 0 Å². The number of sulfonamides is 1. The highest BCUT2D eigenvalue weighted by atomic mass is 32.2. The molecule has 0 unspecified atom stereocenters. The van der Waals surface area contributed by atoms with E-state index in [-0.39, 0.29) is 23.9 Å². The lowest BCUT2D eigenvalue weighted by Gasteiger charge is -2.08. The van der Waals surface area contributed by atoms with Crippen molar-refractivity contribution in [2.45, 2.75) is 11.8 Å². The Labute approximate surface area is 134 Å². The Morgan fingerprint density at radius 3 is 2.74 bits per heavy atom. The lowest BCUT2D eigenvalue weighted by molar-refractivity contribution is 0.102. The fraction of sp³-hybridized carbons (Fsp3) is 0.286. The first-order valence-corrected chi connectivity index (χ1v) is 8.43. The van der Waals surface area contributed by atoms with Crippen LogP contribution in [-0.2, 0) is 17.1 Å². The Bertz CT molecular complexity index is 814. The summed E-state index contributed by atoms with van der Waals surface area (Å²) in [4.78, 5) is 12.3. The molecular formula is C14H19N5O3S. The van der Waals surface area contributed by atoms with Gasteiger partial charge in [0.05, 0.1) is 16.2 Å². The van der Waals surface area contributed by atoms with Gasteiger partial charge in [-0.3, -0.25) is 9.48 Å². The second kappa shape index (κ2) is 6.90. The van der Waals surface area contributed by atoms with Crippen LogP contribution >= 0.6 is 0 Å². The van der Waals surface area contributed by atoms with E-state index in [2.05, 4.69) is 15.1 Å². The van der Waals surface area contributed by atoms with Crippen LogP contribution in [0.5, 0.6) is 0 Å². The molecule has 0 aliphatic rings. The molecule has 0 bridgehead atoms. The lowest BCUT2D eigenvalue weighted by Crippen LogP contribution is -2.29. The van der Waals surface area contributed by atoms with E-state index < -0.39 is 10.0 Å². The first-order valence-electron chi connectivity index (χ1n) is 6.95. The van der Waals surface area contributed by atoms with Crippen LogP contribution in [0.1, 0.15) is 16.1 Å².